The Labute approximate surface area is 177 Å². The zero-order valence-electron chi connectivity index (χ0n) is 17.5. The molecule has 30 heavy (non-hydrogen) atoms. The van der Waals surface area contributed by atoms with E-state index in [4.69, 9.17) is 9.47 Å². The highest BCUT2D eigenvalue weighted by Crippen LogP contribution is 2.21. The van der Waals surface area contributed by atoms with Crippen molar-refractivity contribution < 1.29 is 19.1 Å². The number of hydrogen-bond acceptors (Lipinski definition) is 5. The van der Waals surface area contributed by atoms with Gasteiger partial charge in [0.2, 0.25) is 5.91 Å². The molecule has 160 valence electrons. The van der Waals surface area contributed by atoms with Crippen LogP contribution in [0.5, 0.6) is 5.75 Å². The quantitative estimate of drug-likeness (QED) is 0.684. The van der Waals surface area contributed by atoms with Crippen molar-refractivity contribution in [1.29, 1.82) is 0 Å². The molecule has 0 spiro atoms. The molecular weight excluding hydrogens is 382 g/mol. The predicted molar refractivity (Wildman–Crippen MR) is 115 cm³/mol. The number of nitrogens with zero attached hydrogens (tertiary/aromatic N) is 1. The highest BCUT2D eigenvalue weighted by molar-refractivity contribution is 5.82. The summed E-state index contributed by atoms with van der Waals surface area (Å²) >= 11 is 0. The number of carbonyl (C=O) groups is 2. The van der Waals surface area contributed by atoms with E-state index in [0.29, 0.717) is 18.7 Å². The Balaban J connectivity index is 1.34. The molecule has 0 aliphatic carbocycles. The maximum atomic E-state index is 12.0. The van der Waals surface area contributed by atoms with Gasteiger partial charge in [-0.05, 0) is 37.1 Å². The number of hydrazine groups is 1. The third kappa shape index (κ3) is 6.86. The van der Waals surface area contributed by atoms with Crippen LogP contribution in [0.4, 0.5) is 0 Å². The van der Waals surface area contributed by atoms with Gasteiger partial charge >= 0.3 is 0 Å². The van der Waals surface area contributed by atoms with Crippen molar-refractivity contribution >= 4 is 11.8 Å². The van der Waals surface area contributed by atoms with Crippen LogP contribution in [0.15, 0.2) is 54.6 Å². The third-order valence-corrected chi connectivity index (χ3v) is 4.82. The first-order chi connectivity index (χ1) is 14.5. The number of hydrogen-bond donors (Lipinski definition) is 2. The molecule has 0 unspecified atom stereocenters. The molecule has 2 atom stereocenters. The average molecular weight is 412 g/mol. The van der Waals surface area contributed by atoms with E-state index in [1.54, 1.807) is 0 Å². The van der Waals surface area contributed by atoms with Crippen LogP contribution in [-0.4, -0.2) is 55.2 Å². The second kappa shape index (κ2) is 10.8. The van der Waals surface area contributed by atoms with Crippen LogP contribution in [0.1, 0.15) is 20.3 Å². The molecule has 1 fully saturated rings. The summed E-state index contributed by atoms with van der Waals surface area (Å²) < 4.78 is 11.2. The first-order valence-electron chi connectivity index (χ1n) is 10.2. The number of benzene rings is 2. The summed E-state index contributed by atoms with van der Waals surface area (Å²) in [7, 11) is 0. The minimum absolute atomic E-state index is 0.162. The maximum absolute atomic E-state index is 12.0. The van der Waals surface area contributed by atoms with Gasteiger partial charge in [0.05, 0.1) is 12.2 Å². The molecule has 1 aliphatic heterocycles. The number of ether oxygens (including phenoxy) is 2. The van der Waals surface area contributed by atoms with Gasteiger partial charge in [-0.2, -0.15) is 0 Å². The summed E-state index contributed by atoms with van der Waals surface area (Å²) in [5.74, 6) is -0.0572. The van der Waals surface area contributed by atoms with Gasteiger partial charge in [0.15, 0.2) is 6.61 Å². The molecule has 1 saturated heterocycles. The fourth-order valence-electron chi connectivity index (χ4n) is 3.49. The van der Waals surface area contributed by atoms with Crippen LogP contribution >= 0.6 is 0 Å². The molecule has 0 aromatic heterocycles. The van der Waals surface area contributed by atoms with Gasteiger partial charge in [0, 0.05) is 26.1 Å². The van der Waals surface area contributed by atoms with Crippen molar-refractivity contribution in [3.05, 3.63) is 54.6 Å². The molecule has 7 nitrogen and oxygen atoms in total. The van der Waals surface area contributed by atoms with Crippen LogP contribution in [0, 0.1) is 0 Å². The summed E-state index contributed by atoms with van der Waals surface area (Å²) in [4.78, 5) is 26.1. The van der Waals surface area contributed by atoms with Crippen molar-refractivity contribution in [2.45, 2.75) is 32.5 Å². The minimum atomic E-state index is -0.413. The number of nitrogens with one attached hydrogen (secondary N) is 2. The Kier molecular flexibility index (Phi) is 7.82. The molecule has 2 aromatic rings. The fraction of sp³-hybridized carbons (Fsp3) is 0.391. The van der Waals surface area contributed by atoms with Gasteiger partial charge in [-0.25, -0.2) is 0 Å². The summed E-state index contributed by atoms with van der Waals surface area (Å²) in [6, 6.07) is 17.5. The van der Waals surface area contributed by atoms with Crippen molar-refractivity contribution in [1.82, 2.24) is 15.8 Å². The lowest BCUT2D eigenvalue weighted by Gasteiger charge is -2.35. The van der Waals surface area contributed by atoms with E-state index in [2.05, 4.69) is 15.8 Å². The van der Waals surface area contributed by atoms with Crippen LogP contribution in [0.2, 0.25) is 0 Å². The van der Waals surface area contributed by atoms with Crippen LogP contribution < -0.4 is 15.6 Å². The van der Waals surface area contributed by atoms with Gasteiger partial charge in [0.25, 0.3) is 5.91 Å². The van der Waals surface area contributed by atoms with Crippen LogP contribution in [0.3, 0.4) is 0 Å². The Morgan fingerprint density at radius 2 is 1.53 bits per heavy atom. The van der Waals surface area contributed by atoms with Gasteiger partial charge in [-0.3, -0.25) is 25.3 Å². The molecule has 2 amide bonds. The van der Waals surface area contributed by atoms with Crippen molar-refractivity contribution in [3.63, 3.8) is 0 Å². The fourth-order valence-corrected chi connectivity index (χ4v) is 3.49. The van der Waals surface area contributed by atoms with Gasteiger partial charge in [-0.1, -0.05) is 42.5 Å². The highest BCUT2D eigenvalue weighted by atomic mass is 16.5. The molecule has 0 bridgehead atoms. The summed E-state index contributed by atoms with van der Waals surface area (Å²) in [6.07, 6.45) is 0.632. The minimum Gasteiger partial charge on any atom is -0.484 e. The zero-order chi connectivity index (χ0) is 21.3. The van der Waals surface area contributed by atoms with E-state index in [-0.39, 0.29) is 24.7 Å². The van der Waals surface area contributed by atoms with E-state index in [0.717, 1.165) is 24.2 Å². The number of carbonyl (C=O) groups excluding carboxylic acids is 2. The topological polar surface area (TPSA) is 79.9 Å². The Morgan fingerprint density at radius 1 is 0.933 bits per heavy atom. The van der Waals surface area contributed by atoms with E-state index in [1.165, 1.54) is 0 Å². The van der Waals surface area contributed by atoms with E-state index < -0.39 is 5.91 Å². The monoisotopic (exact) mass is 411 g/mol. The van der Waals surface area contributed by atoms with Gasteiger partial charge in [-0.15, -0.1) is 0 Å². The summed E-state index contributed by atoms with van der Waals surface area (Å²) in [5.41, 5.74) is 7.01. The lowest BCUT2D eigenvalue weighted by Crippen LogP contribution is -2.48. The average Bonchev–Trinajstić information content (AvgIpc) is 2.75. The third-order valence-electron chi connectivity index (χ3n) is 4.82. The largest absolute Gasteiger partial charge is 0.484 e. The summed E-state index contributed by atoms with van der Waals surface area (Å²) in [5, 5.41) is 0. The molecule has 1 heterocycles. The standard InChI is InChI=1S/C23H29N3O4/c1-17-14-26(15-18(2)30-17)13-12-22(27)24-25-23(28)16-29-21-10-8-20(9-11-21)19-6-4-3-5-7-19/h3-11,17-18H,12-16H2,1-2H3,(H,24,27)(H,25,28)/t17-,18-/m1/s1. The molecule has 1 aliphatic rings. The SMILES string of the molecule is C[C@@H]1CN(CCC(=O)NNC(=O)COc2ccc(-c3ccccc3)cc2)C[C@@H](C)O1. The van der Waals surface area contributed by atoms with Gasteiger partial charge in [0.1, 0.15) is 5.75 Å². The van der Waals surface area contributed by atoms with Crippen molar-refractivity contribution in [2.24, 2.45) is 0 Å². The van der Waals surface area contributed by atoms with Crippen LogP contribution in [-0.2, 0) is 14.3 Å². The number of rotatable bonds is 7. The molecule has 3 rings (SSSR count). The molecule has 7 heteroatoms. The molecular formula is C23H29N3O4. The smallest absolute Gasteiger partial charge is 0.276 e. The molecule has 0 radical (unpaired) electrons. The normalized spacial score (nSPS) is 19.1. The summed E-state index contributed by atoms with van der Waals surface area (Å²) in [6.45, 7) is 6.12. The Hall–Kier alpha value is -2.90. The highest BCUT2D eigenvalue weighted by Gasteiger charge is 2.22. The Bertz CT molecular complexity index is 816. The first kappa shape index (κ1) is 21.8. The lowest BCUT2D eigenvalue weighted by atomic mass is 10.1. The lowest BCUT2D eigenvalue weighted by molar-refractivity contribution is -0.130. The molecule has 0 saturated carbocycles. The van der Waals surface area contributed by atoms with E-state index >= 15 is 0 Å². The second-order valence-corrected chi connectivity index (χ2v) is 7.54. The van der Waals surface area contributed by atoms with Crippen molar-refractivity contribution in [3.8, 4) is 16.9 Å². The predicted octanol–water partition coefficient (Wildman–Crippen LogP) is 2.38. The van der Waals surface area contributed by atoms with E-state index in [1.807, 2.05) is 68.4 Å². The molecule has 2 aromatic carbocycles. The first-order valence-corrected chi connectivity index (χ1v) is 10.2. The van der Waals surface area contributed by atoms with Crippen molar-refractivity contribution in [2.75, 3.05) is 26.2 Å². The van der Waals surface area contributed by atoms with E-state index in [9.17, 15) is 9.59 Å². The molecule has 2 N–H and O–H groups in total. The number of amides is 2. The number of morpholine rings is 1. The second-order valence-electron chi connectivity index (χ2n) is 7.54. The van der Waals surface area contributed by atoms with Crippen LogP contribution in [0.25, 0.3) is 11.1 Å². The van der Waals surface area contributed by atoms with Gasteiger partial charge < -0.3 is 9.47 Å². The zero-order valence-corrected chi connectivity index (χ0v) is 17.5. The maximum Gasteiger partial charge on any atom is 0.276 e. The Morgan fingerprint density at radius 3 is 2.20 bits per heavy atom.